The van der Waals surface area contributed by atoms with Crippen LogP contribution in [0.3, 0.4) is 0 Å². The maximum atomic E-state index is 5.76. The second-order valence-electron chi connectivity index (χ2n) is 3.42. The highest BCUT2D eigenvalue weighted by Crippen LogP contribution is 2.19. The van der Waals surface area contributed by atoms with Gasteiger partial charge in [0.2, 0.25) is 0 Å². The van der Waals surface area contributed by atoms with Crippen LogP contribution < -0.4 is 5.32 Å². The molecule has 0 amide bonds. The Morgan fingerprint density at radius 2 is 2.50 bits per heavy atom. The monoisotopic (exact) mass is 183 g/mol. The standard InChI is InChI=1S/C9H13NOS/c1-9(6-10-7-9)11-5-8-3-2-4-12-8/h2-4,10H,5-7H2,1H3. The fourth-order valence-corrected chi connectivity index (χ4v) is 1.84. The first-order valence-electron chi connectivity index (χ1n) is 4.16. The lowest BCUT2D eigenvalue weighted by atomic mass is 10.0. The van der Waals surface area contributed by atoms with Crippen LogP contribution in [0.2, 0.25) is 0 Å². The molecule has 1 aromatic heterocycles. The van der Waals surface area contributed by atoms with Crippen LogP contribution in [0.5, 0.6) is 0 Å². The molecule has 0 radical (unpaired) electrons. The molecule has 0 aromatic carbocycles. The van der Waals surface area contributed by atoms with Gasteiger partial charge < -0.3 is 10.1 Å². The summed E-state index contributed by atoms with van der Waals surface area (Å²) in [7, 11) is 0. The Hall–Kier alpha value is -0.380. The molecule has 0 bridgehead atoms. The second kappa shape index (κ2) is 3.17. The van der Waals surface area contributed by atoms with Crippen molar-refractivity contribution in [2.45, 2.75) is 19.1 Å². The van der Waals surface area contributed by atoms with Gasteiger partial charge in [0, 0.05) is 18.0 Å². The van der Waals surface area contributed by atoms with E-state index in [1.54, 1.807) is 11.3 Å². The van der Waals surface area contributed by atoms with E-state index < -0.39 is 0 Å². The third-order valence-corrected chi connectivity index (χ3v) is 2.99. The maximum Gasteiger partial charge on any atom is 0.0906 e. The lowest BCUT2D eigenvalue weighted by molar-refractivity contribution is -0.0757. The number of hydrogen-bond acceptors (Lipinski definition) is 3. The predicted molar refractivity (Wildman–Crippen MR) is 50.4 cm³/mol. The molecule has 66 valence electrons. The first-order valence-corrected chi connectivity index (χ1v) is 5.04. The minimum Gasteiger partial charge on any atom is -0.367 e. The Kier molecular flexibility index (Phi) is 2.17. The third-order valence-electron chi connectivity index (χ3n) is 2.14. The van der Waals surface area contributed by atoms with Crippen molar-refractivity contribution in [2.24, 2.45) is 0 Å². The van der Waals surface area contributed by atoms with Crippen molar-refractivity contribution in [1.29, 1.82) is 0 Å². The Bertz CT molecular complexity index is 241. The van der Waals surface area contributed by atoms with Crippen LogP contribution in [0.15, 0.2) is 17.5 Å². The Balaban J connectivity index is 1.82. The average Bonchev–Trinajstić information content (AvgIpc) is 2.49. The van der Waals surface area contributed by atoms with Crippen LogP contribution in [-0.4, -0.2) is 18.7 Å². The van der Waals surface area contributed by atoms with E-state index in [0.29, 0.717) is 0 Å². The van der Waals surface area contributed by atoms with Gasteiger partial charge in [-0.2, -0.15) is 0 Å². The van der Waals surface area contributed by atoms with Gasteiger partial charge in [0.1, 0.15) is 0 Å². The Morgan fingerprint density at radius 3 is 3.00 bits per heavy atom. The normalized spacial score (nSPS) is 20.4. The smallest absolute Gasteiger partial charge is 0.0906 e. The van der Waals surface area contributed by atoms with Crippen LogP contribution >= 0.6 is 11.3 Å². The van der Waals surface area contributed by atoms with E-state index in [9.17, 15) is 0 Å². The molecule has 12 heavy (non-hydrogen) atoms. The van der Waals surface area contributed by atoms with Crippen molar-refractivity contribution in [3.05, 3.63) is 22.4 Å². The Morgan fingerprint density at radius 1 is 1.67 bits per heavy atom. The zero-order valence-corrected chi connectivity index (χ0v) is 7.99. The van der Waals surface area contributed by atoms with Crippen molar-refractivity contribution < 1.29 is 4.74 Å². The van der Waals surface area contributed by atoms with Crippen molar-refractivity contribution in [2.75, 3.05) is 13.1 Å². The molecule has 1 aromatic rings. The van der Waals surface area contributed by atoms with Crippen LogP contribution in [0.1, 0.15) is 11.8 Å². The fraction of sp³-hybridized carbons (Fsp3) is 0.556. The van der Waals surface area contributed by atoms with Gasteiger partial charge >= 0.3 is 0 Å². The van der Waals surface area contributed by atoms with Gasteiger partial charge in [-0.1, -0.05) is 6.07 Å². The molecule has 2 heterocycles. The van der Waals surface area contributed by atoms with Crippen LogP contribution in [0, 0.1) is 0 Å². The van der Waals surface area contributed by atoms with E-state index in [2.05, 4.69) is 29.8 Å². The van der Waals surface area contributed by atoms with Gasteiger partial charge in [-0.05, 0) is 18.4 Å². The number of nitrogens with one attached hydrogen (secondary N) is 1. The van der Waals surface area contributed by atoms with E-state index in [4.69, 9.17) is 4.74 Å². The molecule has 2 nitrogen and oxygen atoms in total. The van der Waals surface area contributed by atoms with Gasteiger partial charge in [-0.15, -0.1) is 11.3 Å². The van der Waals surface area contributed by atoms with Crippen molar-refractivity contribution >= 4 is 11.3 Å². The van der Waals surface area contributed by atoms with Crippen molar-refractivity contribution in [1.82, 2.24) is 5.32 Å². The van der Waals surface area contributed by atoms with E-state index in [1.165, 1.54) is 4.88 Å². The minimum absolute atomic E-state index is 0.0873. The fourth-order valence-electron chi connectivity index (χ4n) is 1.22. The molecule has 1 N–H and O–H groups in total. The van der Waals surface area contributed by atoms with Gasteiger partial charge in [0.05, 0.1) is 12.2 Å². The van der Waals surface area contributed by atoms with Crippen LogP contribution in [0.25, 0.3) is 0 Å². The highest BCUT2D eigenvalue weighted by molar-refractivity contribution is 7.09. The van der Waals surface area contributed by atoms with Gasteiger partial charge in [0.15, 0.2) is 0 Å². The molecule has 0 unspecified atom stereocenters. The number of ether oxygens (including phenoxy) is 1. The quantitative estimate of drug-likeness (QED) is 0.769. The zero-order valence-electron chi connectivity index (χ0n) is 7.17. The summed E-state index contributed by atoms with van der Waals surface area (Å²) in [6, 6.07) is 4.17. The molecule has 3 heteroatoms. The molecule has 2 rings (SSSR count). The lowest BCUT2D eigenvalue weighted by Gasteiger charge is -2.38. The molecule has 0 aliphatic carbocycles. The average molecular weight is 183 g/mol. The molecule has 0 spiro atoms. The summed E-state index contributed by atoms with van der Waals surface area (Å²) in [6.07, 6.45) is 0. The second-order valence-corrected chi connectivity index (χ2v) is 4.45. The molecule has 1 fully saturated rings. The number of thiophene rings is 1. The predicted octanol–water partition coefficient (Wildman–Crippen LogP) is 1.63. The molecule has 1 aliphatic rings. The number of rotatable bonds is 3. The lowest BCUT2D eigenvalue weighted by Crippen LogP contribution is -2.58. The highest BCUT2D eigenvalue weighted by Gasteiger charge is 2.32. The Labute approximate surface area is 76.6 Å². The largest absolute Gasteiger partial charge is 0.367 e. The van der Waals surface area contributed by atoms with Crippen LogP contribution in [0.4, 0.5) is 0 Å². The first kappa shape index (κ1) is 8.23. The third kappa shape index (κ3) is 1.68. The molecule has 1 saturated heterocycles. The topological polar surface area (TPSA) is 21.3 Å². The summed E-state index contributed by atoms with van der Waals surface area (Å²) < 4.78 is 5.76. The minimum atomic E-state index is 0.0873. The summed E-state index contributed by atoms with van der Waals surface area (Å²) in [5.74, 6) is 0. The van der Waals surface area contributed by atoms with E-state index >= 15 is 0 Å². The summed E-state index contributed by atoms with van der Waals surface area (Å²) >= 11 is 1.75. The summed E-state index contributed by atoms with van der Waals surface area (Å²) in [5.41, 5.74) is 0.0873. The molecular weight excluding hydrogens is 170 g/mol. The molecular formula is C9H13NOS. The summed E-state index contributed by atoms with van der Waals surface area (Å²) in [6.45, 7) is 4.88. The van der Waals surface area contributed by atoms with Gasteiger partial charge in [0.25, 0.3) is 0 Å². The highest BCUT2D eigenvalue weighted by atomic mass is 32.1. The number of hydrogen-bond donors (Lipinski definition) is 1. The maximum absolute atomic E-state index is 5.76. The zero-order chi connectivity index (χ0) is 8.44. The first-order chi connectivity index (χ1) is 5.79. The van der Waals surface area contributed by atoms with E-state index in [1.807, 2.05) is 0 Å². The van der Waals surface area contributed by atoms with Gasteiger partial charge in [-0.25, -0.2) is 0 Å². The van der Waals surface area contributed by atoms with Crippen molar-refractivity contribution in [3.63, 3.8) is 0 Å². The van der Waals surface area contributed by atoms with Crippen LogP contribution in [-0.2, 0) is 11.3 Å². The SMILES string of the molecule is CC1(OCc2cccs2)CNC1. The van der Waals surface area contributed by atoms with E-state index in [-0.39, 0.29) is 5.60 Å². The molecule has 0 saturated carbocycles. The molecule has 0 atom stereocenters. The molecule has 1 aliphatic heterocycles. The van der Waals surface area contributed by atoms with Crippen molar-refractivity contribution in [3.8, 4) is 0 Å². The van der Waals surface area contributed by atoms with E-state index in [0.717, 1.165) is 19.7 Å². The summed E-state index contributed by atoms with van der Waals surface area (Å²) in [4.78, 5) is 1.31. The van der Waals surface area contributed by atoms with Gasteiger partial charge in [-0.3, -0.25) is 0 Å². The summed E-state index contributed by atoms with van der Waals surface area (Å²) in [5, 5.41) is 5.29.